The minimum absolute atomic E-state index is 0.000550. The summed E-state index contributed by atoms with van der Waals surface area (Å²) in [6.07, 6.45) is 2.92. The van der Waals surface area contributed by atoms with Crippen molar-refractivity contribution in [3.8, 4) is 0 Å². The van der Waals surface area contributed by atoms with Crippen LogP contribution < -0.4 is 0 Å². The maximum Gasteiger partial charge on any atom is 0.300 e. The van der Waals surface area contributed by atoms with Crippen molar-refractivity contribution in [1.82, 2.24) is 14.8 Å². The summed E-state index contributed by atoms with van der Waals surface area (Å²) in [7, 11) is 3.93. The lowest BCUT2D eigenvalue weighted by Gasteiger charge is -2.36. The average molecular weight is 313 g/mol. The number of rotatable bonds is 3. The van der Waals surface area contributed by atoms with Crippen molar-refractivity contribution in [2.24, 2.45) is 0 Å². The van der Waals surface area contributed by atoms with Crippen LogP contribution in [0.3, 0.4) is 0 Å². The minimum atomic E-state index is -0.607. The van der Waals surface area contributed by atoms with Crippen LogP contribution in [0.15, 0.2) is 12.3 Å². The van der Waals surface area contributed by atoms with E-state index in [1.165, 1.54) is 6.07 Å². The van der Waals surface area contributed by atoms with Gasteiger partial charge in [0.2, 0.25) is 0 Å². The van der Waals surface area contributed by atoms with E-state index in [0.717, 1.165) is 19.0 Å². The van der Waals surface area contributed by atoms with E-state index in [2.05, 4.69) is 9.88 Å². The summed E-state index contributed by atoms with van der Waals surface area (Å²) in [4.78, 5) is 30.4. The van der Waals surface area contributed by atoms with Gasteiger partial charge in [-0.1, -0.05) is 11.6 Å². The summed E-state index contributed by atoms with van der Waals surface area (Å²) in [5, 5.41) is 11.1. The van der Waals surface area contributed by atoms with E-state index in [-0.39, 0.29) is 28.4 Å². The zero-order chi connectivity index (χ0) is 15.6. The fourth-order valence-electron chi connectivity index (χ4n) is 2.47. The molecule has 1 fully saturated rings. The molecule has 21 heavy (non-hydrogen) atoms. The van der Waals surface area contributed by atoms with Crippen molar-refractivity contribution in [1.29, 1.82) is 0 Å². The standard InChI is InChI=1S/C13H17ClN4O3/c1-16(2)9-4-3-5-17(8-9)13(19)10-6-12(14)15-7-11(10)18(20)21/h6-7,9H,3-5,8H2,1-2H3. The highest BCUT2D eigenvalue weighted by atomic mass is 35.5. The van der Waals surface area contributed by atoms with Crippen LogP contribution in [0.1, 0.15) is 23.2 Å². The molecule has 1 aliphatic heterocycles. The lowest BCUT2D eigenvalue weighted by atomic mass is 10.0. The van der Waals surface area contributed by atoms with Crippen LogP contribution in [0.5, 0.6) is 0 Å². The van der Waals surface area contributed by atoms with Crippen molar-refractivity contribution in [2.75, 3.05) is 27.2 Å². The molecule has 0 N–H and O–H groups in total. The Hall–Kier alpha value is -1.73. The van der Waals surface area contributed by atoms with Gasteiger partial charge in [-0.25, -0.2) is 4.98 Å². The Kier molecular flexibility index (Phi) is 4.74. The molecule has 2 rings (SSSR count). The van der Waals surface area contributed by atoms with Gasteiger partial charge in [0, 0.05) is 19.1 Å². The number of likely N-dealkylation sites (tertiary alicyclic amines) is 1. The molecule has 0 saturated carbocycles. The van der Waals surface area contributed by atoms with E-state index in [0.29, 0.717) is 13.1 Å². The largest absolute Gasteiger partial charge is 0.337 e. The quantitative estimate of drug-likeness (QED) is 0.483. The van der Waals surface area contributed by atoms with E-state index < -0.39 is 4.92 Å². The van der Waals surface area contributed by atoms with E-state index in [1.807, 2.05) is 14.1 Å². The van der Waals surface area contributed by atoms with Gasteiger partial charge >= 0.3 is 0 Å². The highest BCUT2D eigenvalue weighted by molar-refractivity contribution is 6.29. The third-order valence-corrected chi connectivity index (χ3v) is 3.90. The van der Waals surface area contributed by atoms with Gasteiger partial charge in [0.1, 0.15) is 16.9 Å². The number of nitrogens with zero attached hydrogens (tertiary/aromatic N) is 4. The van der Waals surface area contributed by atoms with Gasteiger partial charge in [-0.05, 0) is 33.0 Å². The van der Waals surface area contributed by atoms with Gasteiger partial charge in [0.15, 0.2) is 0 Å². The second-order valence-corrected chi connectivity index (χ2v) is 5.68. The SMILES string of the molecule is CN(C)C1CCCN(C(=O)c2cc(Cl)ncc2[N+](=O)[O-])C1. The number of carbonyl (C=O) groups is 1. The number of nitro groups is 1. The first-order valence-electron chi connectivity index (χ1n) is 6.65. The smallest absolute Gasteiger partial charge is 0.300 e. The second kappa shape index (κ2) is 6.36. The maximum absolute atomic E-state index is 12.6. The van der Waals surface area contributed by atoms with Crippen LogP contribution in [-0.2, 0) is 0 Å². The molecule has 1 amide bonds. The summed E-state index contributed by atoms with van der Waals surface area (Å²) in [5.41, 5.74) is -0.309. The Bertz CT molecular complexity index is 564. The third-order valence-electron chi connectivity index (χ3n) is 3.69. The van der Waals surface area contributed by atoms with Crippen LogP contribution in [0.4, 0.5) is 5.69 Å². The minimum Gasteiger partial charge on any atom is -0.337 e. The number of carbonyl (C=O) groups excluding carboxylic acids is 1. The van der Waals surface area contributed by atoms with E-state index in [9.17, 15) is 14.9 Å². The Morgan fingerprint density at radius 3 is 2.90 bits per heavy atom. The number of hydrogen-bond acceptors (Lipinski definition) is 5. The molecule has 0 bridgehead atoms. The molecule has 1 atom stereocenters. The number of halogens is 1. The fraction of sp³-hybridized carbons (Fsp3) is 0.538. The van der Waals surface area contributed by atoms with Crippen molar-refractivity contribution >= 4 is 23.2 Å². The summed E-state index contributed by atoms with van der Waals surface area (Å²) in [5.74, 6) is -0.363. The topological polar surface area (TPSA) is 79.6 Å². The second-order valence-electron chi connectivity index (χ2n) is 5.29. The molecule has 1 saturated heterocycles. The van der Waals surface area contributed by atoms with Crippen LogP contribution in [0.2, 0.25) is 5.15 Å². The molecule has 0 aliphatic carbocycles. The molecule has 0 aromatic carbocycles. The third kappa shape index (κ3) is 3.48. The molecule has 1 aromatic rings. The zero-order valence-corrected chi connectivity index (χ0v) is 12.7. The van der Waals surface area contributed by atoms with Crippen molar-refractivity contribution < 1.29 is 9.72 Å². The molecule has 0 radical (unpaired) electrons. The van der Waals surface area contributed by atoms with Crippen LogP contribution in [-0.4, -0.2) is 58.8 Å². The number of likely N-dealkylation sites (N-methyl/N-ethyl adjacent to an activating group) is 1. The number of amides is 1. The molecule has 1 aromatic heterocycles. The molecule has 114 valence electrons. The first-order valence-corrected chi connectivity index (χ1v) is 7.03. The van der Waals surface area contributed by atoms with Gasteiger partial charge in [0.05, 0.1) is 4.92 Å². The van der Waals surface area contributed by atoms with Gasteiger partial charge < -0.3 is 9.80 Å². The average Bonchev–Trinajstić information content (AvgIpc) is 2.46. The summed E-state index contributed by atoms with van der Waals surface area (Å²) >= 11 is 5.77. The Balaban J connectivity index is 2.27. The van der Waals surface area contributed by atoms with Crippen molar-refractivity contribution in [2.45, 2.75) is 18.9 Å². The molecular weight excluding hydrogens is 296 g/mol. The van der Waals surface area contributed by atoms with Crippen LogP contribution in [0.25, 0.3) is 0 Å². The molecule has 1 unspecified atom stereocenters. The van der Waals surface area contributed by atoms with E-state index >= 15 is 0 Å². The monoisotopic (exact) mass is 312 g/mol. The first kappa shape index (κ1) is 15.7. The van der Waals surface area contributed by atoms with Gasteiger partial charge in [-0.2, -0.15) is 0 Å². The van der Waals surface area contributed by atoms with Gasteiger partial charge in [-0.3, -0.25) is 14.9 Å². The van der Waals surface area contributed by atoms with Crippen LogP contribution in [0, 0.1) is 10.1 Å². The van der Waals surface area contributed by atoms with Crippen molar-refractivity contribution in [3.05, 3.63) is 33.1 Å². The molecule has 7 nitrogen and oxygen atoms in total. The van der Waals surface area contributed by atoms with Gasteiger partial charge in [-0.15, -0.1) is 0 Å². The summed E-state index contributed by atoms with van der Waals surface area (Å²) in [6.45, 7) is 1.16. The number of hydrogen-bond donors (Lipinski definition) is 0. The van der Waals surface area contributed by atoms with E-state index in [1.54, 1.807) is 4.90 Å². The lowest BCUT2D eigenvalue weighted by Crippen LogP contribution is -2.47. The highest BCUT2D eigenvalue weighted by Gasteiger charge is 2.30. The summed E-state index contributed by atoms with van der Waals surface area (Å²) in [6, 6.07) is 1.53. The predicted octanol–water partition coefficient (Wildman–Crippen LogP) is 1.81. The fourth-order valence-corrected chi connectivity index (χ4v) is 2.63. The number of piperidine rings is 1. The Morgan fingerprint density at radius 1 is 1.57 bits per heavy atom. The molecule has 1 aliphatic rings. The summed E-state index contributed by atoms with van der Waals surface area (Å²) < 4.78 is 0. The number of pyridine rings is 1. The Labute approximate surface area is 127 Å². The molecule has 8 heteroatoms. The molecular formula is C13H17ClN4O3. The van der Waals surface area contributed by atoms with Crippen molar-refractivity contribution in [3.63, 3.8) is 0 Å². The van der Waals surface area contributed by atoms with Gasteiger partial charge in [0.25, 0.3) is 11.6 Å². The number of aromatic nitrogens is 1. The molecule has 0 spiro atoms. The van der Waals surface area contributed by atoms with Crippen LogP contribution >= 0.6 is 11.6 Å². The van der Waals surface area contributed by atoms with E-state index in [4.69, 9.17) is 11.6 Å². The normalized spacial score (nSPS) is 18.9. The maximum atomic E-state index is 12.6. The zero-order valence-electron chi connectivity index (χ0n) is 12.0. The first-order chi connectivity index (χ1) is 9.90. The predicted molar refractivity (Wildman–Crippen MR) is 78.5 cm³/mol. The Morgan fingerprint density at radius 2 is 2.29 bits per heavy atom. The molecule has 2 heterocycles. The lowest BCUT2D eigenvalue weighted by molar-refractivity contribution is -0.385. The highest BCUT2D eigenvalue weighted by Crippen LogP contribution is 2.24.